The van der Waals surface area contributed by atoms with Crippen LogP contribution in [0.4, 0.5) is 0 Å². The molecule has 12 heteroatoms. The fraction of sp³-hybridized carbons (Fsp3) is 0.438. The van der Waals surface area contributed by atoms with Crippen LogP contribution in [-0.2, 0) is 17.7 Å². The van der Waals surface area contributed by atoms with Gasteiger partial charge in [0.15, 0.2) is 0 Å². The van der Waals surface area contributed by atoms with Gasteiger partial charge in [0.25, 0.3) is 0 Å². The number of nitrogens with one attached hydrogen (secondary N) is 1. The average Bonchev–Trinajstić information content (AvgIpc) is 3.81. The third-order valence-electron chi connectivity index (χ3n) is 8.14. The van der Waals surface area contributed by atoms with Crippen LogP contribution in [0.15, 0.2) is 79.3 Å². The van der Waals surface area contributed by atoms with Gasteiger partial charge >= 0.3 is 0 Å². The first-order chi connectivity index (χ1) is 21.3. The second-order valence-corrected chi connectivity index (χ2v) is 12.0. The van der Waals surface area contributed by atoms with Gasteiger partial charge in [-0.05, 0) is 17.0 Å². The summed E-state index contributed by atoms with van der Waals surface area (Å²) in [5.74, 6) is 0.643. The number of hydrogen-bond donors (Lipinski definition) is 2. The molecule has 0 aliphatic heterocycles. The molecular formula is C32H44N11O+. The van der Waals surface area contributed by atoms with Crippen molar-refractivity contribution in [1.82, 2.24) is 50.5 Å². The summed E-state index contributed by atoms with van der Waals surface area (Å²) in [5.41, 5.74) is 11.9. The number of hydroxylamine groups is 1. The SMILES string of the molecule is CNOC[C@H](C(C)C)n1cc([C@H](Cc2ccccc2)n2cc([C@H](Cc3ccccc3)n3cc([C@@H]([NH3+])C(C)C)nn3)nn2)nn1. The van der Waals surface area contributed by atoms with Crippen molar-refractivity contribution in [1.29, 1.82) is 0 Å². The second kappa shape index (κ2) is 14.5. The molecule has 4 N–H and O–H groups in total. The lowest BCUT2D eigenvalue weighted by Gasteiger charge is -2.20. The molecule has 0 amide bonds. The Labute approximate surface area is 258 Å². The zero-order valence-electron chi connectivity index (χ0n) is 26.2. The van der Waals surface area contributed by atoms with Crippen LogP contribution in [0.5, 0.6) is 0 Å². The zero-order valence-corrected chi connectivity index (χ0v) is 26.2. The van der Waals surface area contributed by atoms with E-state index in [0.717, 1.165) is 17.1 Å². The third kappa shape index (κ3) is 7.44. The molecule has 0 radical (unpaired) electrons. The molecule has 0 unspecified atom stereocenters. The van der Waals surface area contributed by atoms with Crippen molar-refractivity contribution in [2.24, 2.45) is 11.8 Å². The average molecular weight is 599 g/mol. The molecule has 0 aliphatic rings. The number of aromatic nitrogens is 9. The Morgan fingerprint density at radius 2 is 1.11 bits per heavy atom. The molecule has 12 nitrogen and oxygen atoms in total. The molecule has 5 rings (SSSR count). The summed E-state index contributed by atoms with van der Waals surface area (Å²) in [6, 6.07) is 20.3. The number of quaternary nitrogens is 1. The number of benzene rings is 2. The van der Waals surface area contributed by atoms with Crippen molar-refractivity contribution >= 4 is 0 Å². The van der Waals surface area contributed by atoms with Crippen molar-refractivity contribution in [2.75, 3.05) is 13.7 Å². The molecule has 0 fully saturated rings. The minimum atomic E-state index is -0.223. The van der Waals surface area contributed by atoms with Gasteiger partial charge < -0.3 is 5.73 Å². The predicted molar refractivity (Wildman–Crippen MR) is 166 cm³/mol. The van der Waals surface area contributed by atoms with E-state index in [4.69, 9.17) is 9.94 Å². The Bertz CT molecular complexity index is 1560. The molecule has 3 heterocycles. The summed E-state index contributed by atoms with van der Waals surface area (Å²) < 4.78 is 5.69. The van der Waals surface area contributed by atoms with Crippen molar-refractivity contribution in [3.63, 3.8) is 0 Å². The van der Waals surface area contributed by atoms with Crippen LogP contribution in [-0.4, -0.2) is 58.6 Å². The topological polar surface area (TPSA) is 141 Å². The third-order valence-corrected chi connectivity index (χ3v) is 8.14. The van der Waals surface area contributed by atoms with Crippen molar-refractivity contribution in [3.8, 4) is 0 Å². The van der Waals surface area contributed by atoms with Crippen LogP contribution in [0.25, 0.3) is 0 Å². The van der Waals surface area contributed by atoms with Crippen LogP contribution >= 0.6 is 0 Å². The molecule has 4 atom stereocenters. The smallest absolute Gasteiger partial charge is 0.140 e. The summed E-state index contributed by atoms with van der Waals surface area (Å²) in [5, 5.41) is 27.6. The molecule has 0 saturated carbocycles. The maximum atomic E-state index is 5.53. The van der Waals surface area contributed by atoms with E-state index in [1.165, 1.54) is 11.1 Å². The van der Waals surface area contributed by atoms with E-state index in [-0.39, 0.29) is 24.2 Å². The van der Waals surface area contributed by atoms with E-state index in [1.807, 2.05) is 69.0 Å². The van der Waals surface area contributed by atoms with Crippen LogP contribution in [0.2, 0.25) is 0 Å². The molecule has 0 bridgehead atoms. The van der Waals surface area contributed by atoms with Crippen molar-refractivity contribution < 1.29 is 10.6 Å². The van der Waals surface area contributed by atoms with E-state index in [2.05, 4.69) is 89.0 Å². The highest BCUT2D eigenvalue weighted by Gasteiger charge is 2.27. The summed E-state index contributed by atoms with van der Waals surface area (Å²) in [4.78, 5) is 5.53. The minimum absolute atomic E-state index is 0.0202. The lowest BCUT2D eigenvalue weighted by atomic mass is 10.0. The monoisotopic (exact) mass is 598 g/mol. The first kappa shape index (κ1) is 31.2. The maximum absolute atomic E-state index is 5.53. The van der Waals surface area contributed by atoms with E-state index >= 15 is 0 Å². The quantitative estimate of drug-likeness (QED) is 0.175. The first-order valence-electron chi connectivity index (χ1n) is 15.3. The Morgan fingerprint density at radius 1 is 0.659 bits per heavy atom. The van der Waals surface area contributed by atoms with E-state index < -0.39 is 0 Å². The van der Waals surface area contributed by atoms with Gasteiger partial charge in [0.2, 0.25) is 0 Å². The normalized spacial score (nSPS) is 14.6. The van der Waals surface area contributed by atoms with Crippen LogP contribution in [0.1, 0.15) is 80.1 Å². The number of nitrogens with zero attached hydrogens (tertiary/aromatic N) is 9. The van der Waals surface area contributed by atoms with Gasteiger partial charge in [-0.3, -0.25) is 4.84 Å². The van der Waals surface area contributed by atoms with Gasteiger partial charge in [0.05, 0.1) is 31.2 Å². The van der Waals surface area contributed by atoms with Gasteiger partial charge in [0, 0.05) is 25.8 Å². The van der Waals surface area contributed by atoms with Gasteiger partial charge in [-0.15, -0.1) is 15.3 Å². The molecule has 0 spiro atoms. The maximum Gasteiger partial charge on any atom is 0.140 e. The van der Waals surface area contributed by atoms with Crippen molar-refractivity contribution in [2.45, 2.75) is 64.7 Å². The summed E-state index contributed by atoms with van der Waals surface area (Å²) >= 11 is 0. The molecule has 0 saturated heterocycles. The standard InChI is InChI=1S/C32H43N11O/c1-22(2)31(21-44-34-5)43-19-27(36-39-43)29(16-24-12-8-6-9-13-24)41-18-26(35-38-41)30(17-25-14-10-7-11-15-25)42-20-28(37-40-42)32(33)23(3)4/h6-15,18-20,22-23,29-32,34H,16-17,21,33H2,1-5H3/p+1/t29-,30-,31+,32-/m0/s1. The highest BCUT2D eigenvalue weighted by atomic mass is 16.6. The lowest BCUT2D eigenvalue weighted by molar-refractivity contribution is -0.439. The fourth-order valence-corrected chi connectivity index (χ4v) is 5.24. The van der Waals surface area contributed by atoms with Crippen LogP contribution in [0, 0.1) is 11.8 Å². The molecule has 2 aromatic carbocycles. The van der Waals surface area contributed by atoms with Gasteiger partial charge in [0.1, 0.15) is 35.2 Å². The van der Waals surface area contributed by atoms with Crippen LogP contribution < -0.4 is 11.2 Å². The summed E-state index contributed by atoms with van der Waals surface area (Å²) in [6.07, 6.45) is 7.37. The summed E-state index contributed by atoms with van der Waals surface area (Å²) in [7, 11) is 1.76. The van der Waals surface area contributed by atoms with Gasteiger partial charge in [-0.25, -0.2) is 19.5 Å². The van der Waals surface area contributed by atoms with Crippen molar-refractivity contribution in [3.05, 3.63) is 107 Å². The number of rotatable bonds is 15. The van der Waals surface area contributed by atoms with E-state index in [1.54, 1.807) is 7.05 Å². The highest BCUT2D eigenvalue weighted by Crippen LogP contribution is 2.27. The molecule has 0 aliphatic carbocycles. The van der Waals surface area contributed by atoms with E-state index in [0.29, 0.717) is 31.3 Å². The van der Waals surface area contributed by atoms with E-state index in [9.17, 15) is 0 Å². The molecular weight excluding hydrogens is 554 g/mol. The van der Waals surface area contributed by atoms with Gasteiger partial charge in [-0.1, -0.05) is 104 Å². The second-order valence-electron chi connectivity index (χ2n) is 12.0. The molecule has 3 aromatic heterocycles. The number of hydrogen-bond acceptors (Lipinski definition) is 8. The van der Waals surface area contributed by atoms with Crippen LogP contribution in [0.3, 0.4) is 0 Å². The molecule has 5 aromatic rings. The Morgan fingerprint density at radius 3 is 1.59 bits per heavy atom. The highest BCUT2D eigenvalue weighted by molar-refractivity contribution is 5.21. The molecule has 44 heavy (non-hydrogen) atoms. The largest absolute Gasteiger partial charge is 0.350 e. The lowest BCUT2D eigenvalue weighted by Crippen LogP contribution is -2.56. The zero-order chi connectivity index (χ0) is 31.1. The molecule has 232 valence electrons. The van der Waals surface area contributed by atoms with Gasteiger partial charge in [-0.2, -0.15) is 0 Å². The summed E-state index contributed by atoms with van der Waals surface area (Å²) in [6.45, 7) is 9.06. The Balaban J connectivity index is 1.51. The Hall–Kier alpha value is -4.26. The minimum Gasteiger partial charge on any atom is -0.350 e. The first-order valence-corrected chi connectivity index (χ1v) is 15.3. The fourth-order valence-electron chi connectivity index (χ4n) is 5.24. The predicted octanol–water partition coefficient (Wildman–Crippen LogP) is 3.41. The Kier molecular flexibility index (Phi) is 10.3.